The lowest BCUT2D eigenvalue weighted by molar-refractivity contribution is -0.136. The van der Waals surface area contributed by atoms with E-state index in [1.807, 2.05) is 24.3 Å². The van der Waals surface area contributed by atoms with E-state index in [4.69, 9.17) is 10.2 Å². The van der Waals surface area contributed by atoms with E-state index in [9.17, 15) is 4.79 Å². The number of aliphatic hydroxyl groups excluding tert-OH is 1. The van der Waals surface area contributed by atoms with Crippen LogP contribution in [-0.4, -0.2) is 28.0 Å². The second-order valence-electron chi connectivity index (χ2n) is 3.70. The first-order chi connectivity index (χ1) is 7.58. The van der Waals surface area contributed by atoms with Gasteiger partial charge in [0.15, 0.2) is 0 Å². The normalized spacial score (nSPS) is 12.4. The Labute approximate surface area is 99.5 Å². The summed E-state index contributed by atoms with van der Waals surface area (Å²) in [6.07, 6.45) is 0.568. The molecule has 0 saturated carbocycles. The first-order valence-electron chi connectivity index (χ1n) is 5.19. The number of benzene rings is 1. The van der Waals surface area contributed by atoms with Gasteiger partial charge in [-0.1, -0.05) is 12.1 Å². The summed E-state index contributed by atoms with van der Waals surface area (Å²) in [6.45, 7) is 1.77. The standard InChI is InChI=1S/C12H16O3S/c1-9(13)6-7-16-11-4-2-10(3-5-11)8-12(14)15/h2-5,9,13H,6-8H2,1H3,(H,14,15). The van der Waals surface area contributed by atoms with Crippen molar-refractivity contribution >= 4 is 17.7 Å². The second-order valence-corrected chi connectivity index (χ2v) is 4.87. The third-order valence-corrected chi connectivity index (χ3v) is 3.13. The molecule has 0 bridgehead atoms. The third-order valence-electron chi connectivity index (χ3n) is 2.08. The molecule has 0 saturated heterocycles. The van der Waals surface area contributed by atoms with Gasteiger partial charge in [0.05, 0.1) is 12.5 Å². The van der Waals surface area contributed by atoms with Crippen molar-refractivity contribution in [3.8, 4) is 0 Å². The van der Waals surface area contributed by atoms with Gasteiger partial charge in [-0.25, -0.2) is 0 Å². The number of hydrogen-bond acceptors (Lipinski definition) is 3. The minimum Gasteiger partial charge on any atom is -0.481 e. The van der Waals surface area contributed by atoms with E-state index in [1.54, 1.807) is 18.7 Å². The molecule has 0 spiro atoms. The fraction of sp³-hybridized carbons (Fsp3) is 0.417. The Balaban J connectivity index is 2.42. The minimum absolute atomic E-state index is 0.0681. The zero-order valence-corrected chi connectivity index (χ0v) is 10.0. The zero-order valence-electron chi connectivity index (χ0n) is 9.22. The number of rotatable bonds is 6. The van der Waals surface area contributed by atoms with Gasteiger partial charge in [-0.3, -0.25) is 4.79 Å². The molecular weight excluding hydrogens is 224 g/mol. The third kappa shape index (κ3) is 5.19. The molecule has 3 nitrogen and oxygen atoms in total. The van der Waals surface area contributed by atoms with Crippen molar-refractivity contribution in [3.05, 3.63) is 29.8 Å². The number of thioether (sulfide) groups is 1. The number of carbonyl (C=O) groups is 1. The molecule has 1 rings (SSSR count). The van der Waals surface area contributed by atoms with Crippen LogP contribution in [0, 0.1) is 0 Å². The van der Waals surface area contributed by atoms with Gasteiger partial charge in [-0.05, 0) is 31.0 Å². The Kier molecular flexibility index (Phi) is 5.35. The Morgan fingerprint density at radius 1 is 1.38 bits per heavy atom. The molecular formula is C12H16O3S. The van der Waals surface area contributed by atoms with Crippen molar-refractivity contribution < 1.29 is 15.0 Å². The van der Waals surface area contributed by atoms with Crippen LogP contribution in [0.15, 0.2) is 29.2 Å². The molecule has 2 N–H and O–H groups in total. The predicted molar refractivity (Wildman–Crippen MR) is 64.8 cm³/mol. The quantitative estimate of drug-likeness (QED) is 0.748. The van der Waals surface area contributed by atoms with Crippen LogP contribution in [-0.2, 0) is 11.2 Å². The summed E-state index contributed by atoms with van der Waals surface area (Å²) in [5.41, 5.74) is 0.812. The predicted octanol–water partition coefficient (Wildman–Crippen LogP) is 2.18. The Morgan fingerprint density at radius 2 is 2.00 bits per heavy atom. The van der Waals surface area contributed by atoms with Crippen molar-refractivity contribution in [2.24, 2.45) is 0 Å². The summed E-state index contributed by atoms with van der Waals surface area (Å²) < 4.78 is 0. The van der Waals surface area contributed by atoms with E-state index in [1.165, 1.54) is 0 Å². The second kappa shape index (κ2) is 6.55. The average Bonchev–Trinajstić information content (AvgIpc) is 2.19. The number of carboxylic acids is 1. The van der Waals surface area contributed by atoms with Gasteiger partial charge in [0, 0.05) is 10.6 Å². The highest BCUT2D eigenvalue weighted by Crippen LogP contribution is 2.19. The molecule has 0 amide bonds. The van der Waals surface area contributed by atoms with E-state index in [0.29, 0.717) is 0 Å². The van der Waals surface area contributed by atoms with Crippen LogP contribution < -0.4 is 0 Å². The fourth-order valence-corrected chi connectivity index (χ4v) is 2.25. The Bertz CT molecular complexity index is 333. The smallest absolute Gasteiger partial charge is 0.307 e. The highest BCUT2D eigenvalue weighted by molar-refractivity contribution is 7.99. The van der Waals surface area contributed by atoms with Crippen LogP contribution in [0.5, 0.6) is 0 Å². The topological polar surface area (TPSA) is 57.5 Å². The molecule has 0 aliphatic heterocycles. The summed E-state index contributed by atoms with van der Waals surface area (Å²) in [6, 6.07) is 7.51. The zero-order chi connectivity index (χ0) is 12.0. The average molecular weight is 240 g/mol. The fourth-order valence-electron chi connectivity index (χ4n) is 1.23. The van der Waals surface area contributed by atoms with Gasteiger partial charge in [-0.15, -0.1) is 11.8 Å². The van der Waals surface area contributed by atoms with Crippen LogP contribution in [0.4, 0.5) is 0 Å². The van der Waals surface area contributed by atoms with E-state index >= 15 is 0 Å². The van der Waals surface area contributed by atoms with Gasteiger partial charge in [-0.2, -0.15) is 0 Å². The van der Waals surface area contributed by atoms with Crippen molar-refractivity contribution in [2.45, 2.75) is 30.8 Å². The minimum atomic E-state index is -0.811. The van der Waals surface area contributed by atoms with Crippen molar-refractivity contribution in [2.75, 3.05) is 5.75 Å². The molecule has 1 unspecified atom stereocenters. The van der Waals surface area contributed by atoms with Crippen LogP contribution >= 0.6 is 11.8 Å². The number of carboxylic acid groups (broad SMARTS) is 1. The molecule has 0 fully saturated rings. The molecule has 4 heteroatoms. The van der Waals surface area contributed by atoms with Gasteiger partial charge in [0.2, 0.25) is 0 Å². The summed E-state index contributed by atoms with van der Waals surface area (Å²) >= 11 is 1.67. The van der Waals surface area contributed by atoms with Gasteiger partial charge in [0.1, 0.15) is 0 Å². The molecule has 0 aliphatic carbocycles. The molecule has 16 heavy (non-hydrogen) atoms. The van der Waals surface area contributed by atoms with Crippen LogP contribution in [0.2, 0.25) is 0 Å². The molecule has 0 aliphatic rings. The number of hydrogen-bond donors (Lipinski definition) is 2. The lowest BCUT2D eigenvalue weighted by Crippen LogP contribution is -2.00. The van der Waals surface area contributed by atoms with Crippen LogP contribution in [0.3, 0.4) is 0 Å². The maximum absolute atomic E-state index is 10.5. The van der Waals surface area contributed by atoms with E-state index < -0.39 is 5.97 Å². The van der Waals surface area contributed by atoms with Gasteiger partial charge < -0.3 is 10.2 Å². The Hall–Kier alpha value is -1.00. The van der Waals surface area contributed by atoms with Crippen LogP contribution in [0.25, 0.3) is 0 Å². The lowest BCUT2D eigenvalue weighted by Gasteiger charge is -2.04. The van der Waals surface area contributed by atoms with Crippen molar-refractivity contribution in [3.63, 3.8) is 0 Å². The van der Waals surface area contributed by atoms with E-state index in [2.05, 4.69) is 0 Å². The lowest BCUT2D eigenvalue weighted by atomic mass is 10.2. The highest BCUT2D eigenvalue weighted by atomic mass is 32.2. The molecule has 0 heterocycles. The molecule has 88 valence electrons. The van der Waals surface area contributed by atoms with E-state index in [-0.39, 0.29) is 12.5 Å². The largest absolute Gasteiger partial charge is 0.481 e. The molecule has 0 radical (unpaired) electrons. The Morgan fingerprint density at radius 3 is 2.50 bits per heavy atom. The highest BCUT2D eigenvalue weighted by Gasteiger charge is 2.01. The molecule has 1 atom stereocenters. The van der Waals surface area contributed by atoms with Crippen LogP contribution in [0.1, 0.15) is 18.9 Å². The summed E-state index contributed by atoms with van der Waals surface area (Å²) in [7, 11) is 0. The maximum atomic E-state index is 10.5. The molecule has 0 aromatic heterocycles. The molecule has 1 aromatic carbocycles. The van der Waals surface area contributed by atoms with E-state index in [0.717, 1.165) is 22.6 Å². The summed E-state index contributed by atoms with van der Waals surface area (Å²) in [5.74, 6) is 0.0603. The summed E-state index contributed by atoms with van der Waals surface area (Å²) in [4.78, 5) is 11.6. The van der Waals surface area contributed by atoms with Crippen molar-refractivity contribution in [1.82, 2.24) is 0 Å². The number of aliphatic hydroxyl groups is 1. The monoisotopic (exact) mass is 240 g/mol. The first-order valence-corrected chi connectivity index (χ1v) is 6.18. The van der Waals surface area contributed by atoms with Gasteiger partial charge >= 0.3 is 5.97 Å². The maximum Gasteiger partial charge on any atom is 0.307 e. The molecule has 1 aromatic rings. The SMILES string of the molecule is CC(O)CCSc1ccc(CC(=O)O)cc1. The van der Waals surface area contributed by atoms with Crippen molar-refractivity contribution in [1.29, 1.82) is 0 Å². The van der Waals surface area contributed by atoms with Gasteiger partial charge in [0.25, 0.3) is 0 Å². The summed E-state index contributed by atoms with van der Waals surface area (Å²) in [5, 5.41) is 17.7. The number of aliphatic carboxylic acids is 1. The first kappa shape index (κ1) is 13.1.